The summed E-state index contributed by atoms with van der Waals surface area (Å²) in [6.07, 6.45) is 0.622. The number of aryl methyl sites for hydroxylation is 2. The Morgan fingerprint density at radius 3 is 2.56 bits per heavy atom. The van der Waals surface area contributed by atoms with E-state index in [1.807, 2.05) is 48.9 Å². The third kappa shape index (κ3) is 4.74. The van der Waals surface area contributed by atoms with Crippen molar-refractivity contribution < 1.29 is 9.18 Å². The second-order valence-electron chi connectivity index (χ2n) is 6.48. The van der Waals surface area contributed by atoms with Crippen LogP contribution in [0, 0.1) is 19.7 Å². The van der Waals surface area contributed by atoms with Crippen LogP contribution >= 0.6 is 11.6 Å². The fraction of sp³-hybridized carbons (Fsp3) is 0.238. The van der Waals surface area contributed by atoms with Crippen molar-refractivity contribution in [1.82, 2.24) is 15.1 Å². The van der Waals surface area contributed by atoms with Crippen LogP contribution in [-0.2, 0) is 17.6 Å². The monoisotopic (exact) mass is 385 g/mol. The van der Waals surface area contributed by atoms with Crippen molar-refractivity contribution in [1.29, 1.82) is 0 Å². The van der Waals surface area contributed by atoms with Crippen LogP contribution in [0.25, 0.3) is 5.69 Å². The van der Waals surface area contributed by atoms with E-state index in [0.717, 1.165) is 22.6 Å². The summed E-state index contributed by atoms with van der Waals surface area (Å²) in [4.78, 5) is 12.0. The molecule has 0 unspecified atom stereocenters. The molecule has 0 saturated heterocycles. The van der Waals surface area contributed by atoms with Gasteiger partial charge in [-0.2, -0.15) is 5.10 Å². The number of halogens is 2. The first kappa shape index (κ1) is 19.1. The Morgan fingerprint density at radius 1 is 1.19 bits per heavy atom. The Bertz CT molecular complexity index is 930. The lowest BCUT2D eigenvalue weighted by Gasteiger charge is -2.09. The number of nitrogens with one attached hydrogen (secondary N) is 1. The van der Waals surface area contributed by atoms with E-state index in [9.17, 15) is 9.18 Å². The highest BCUT2D eigenvalue weighted by Gasteiger charge is 2.11. The Morgan fingerprint density at radius 2 is 1.93 bits per heavy atom. The number of carbonyl (C=O) groups is 1. The predicted octanol–water partition coefficient (Wildman–Crippen LogP) is 4.18. The Hall–Kier alpha value is -2.66. The molecule has 4 nitrogen and oxygen atoms in total. The molecule has 0 saturated carbocycles. The maximum atomic E-state index is 13.7. The van der Waals surface area contributed by atoms with Crippen LogP contribution in [0.1, 0.15) is 22.5 Å². The number of aromatic nitrogens is 2. The number of hydrogen-bond donors (Lipinski definition) is 1. The minimum absolute atomic E-state index is 0.0671. The zero-order chi connectivity index (χ0) is 19.4. The lowest BCUT2D eigenvalue weighted by atomic mass is 10.1. The molecule has 0 radical (unpaired) electrons. The summed E-state index contributed by atoms with van der Waals surface area (Å²) in [5, 5.41) is 7.55. The lowest BCUT2D eigenvalue weighted by molar-refractivity contribution is -0.120. The van der Waals surface area contributed by atoms with Gasteiger partial charge in [-0.1, -0.05) is 29.8 Å². The minimum Gasteiger partial charge on any atom is -0.355 e. The second-order valence-corrected chi connectivity index (χ2v) is 6.89. The Balaban J connectivity index is 1.53. The normalized spacial score (nSPS) is 10.8. The van der Waals surface area contributed by atoms with E-state index < -0.39 is 5.82 Å². The first-order chi connectivity index (χ1) is 12.9. The molecule has 1 amide bonds. The van der Waals surface area contributed by atoms with Gasteiger partial charge in [0.25, 0.3) is 0 Å². The third-order valence-electron chi connectivity index (χ3n) is 4.33. The molecule has 3 aromatic rings. The zero-order valence-electron chi connectivity index (χ0n) is 15.3. The highest BCUT2D eigenvalue weighted by atomic mass is 35.5. The summed E-state index contributed by atoms with van der Waals surface area (Å²) < 4.78 is 15.6. The molecule has 1 aromatic heterocycles. The van der Waals surface area contributed by atoms with Crippen LogP contribution in [0.2, 0.25) is 5.02 Å². The Labute approximate surface area is 163 Å². The van der Waals surface area contributed by atoms with Crippen molar-refractivity contribution in [3.63, 3.8) is 0 Å². The average Bonchev–Trinajstić information content (AvgIpc) is 2.97. The Kier molecular flexibility index (Phi) is 5.91. The molecular weight excluding hydrogens is 365 g/mol. The van der Waals surface area contributed by atoms with E-state index in [2.05, 4.69) is 10.4 Å². The van der Waals surface area contributed by atoms with Crippen LogP contribution in [0.5, 0.6) is 0 Å². The van der Waals surface area contributed by atoms with E-state index in [1.165, 1.54) is 12.1 Å². The molecule has 0 aliphatic carbocycles. The van der Waals surface area contributed by atoms with Crippen LogP contribution < -0.4 is 5.32 Å². The van der Waals surface area contributed by atoms with Gasteiger partial charge in [-0.15, -0.1) is 0 Å². The minimum atomic E-state index is -0.461. The first-order valence-corrected chi connectivity index (χ1v) is 9.14. The number of hydrogen-bond acceptors (Lipinski definition) is 2. The van der Waals surface area contributed by atoms with Crippen molar-refractivity contribution in [2.45, 2.75) is 26.7 Å². The van der Waals surface area contributed by atoms with Gasteiger partial charge in [-0.25, -0.2) is 9.07 Å². The van der Waals surface area contributed by atoms with Gasteiger partial charge in [0.1, 0.15) is 5.82 Å². The standard InChI is InChI=1S/C21H21ClFN3O/c1-14-12-15(2)26(25-14)17-8-6-16(7-9-17)10-11-24-21(27)13-18-19(22)4-3-5-20(18)23/h3-9,12H,10-11,13H2,1-2H3,(H,24,27). The number of nitrogens with zero attached hydrogens (tertiary/aromatic N) is 2. The van der Waals surface area contributed by atoms with E-state index in [-0.39, 0.29) is 22.9 Å². The van der Waals surface area contributed by atoms with Crippen molar-refractivity contribution in [2.24, 2.45) is 0 Å². The van der Waals surface area contributed by atoms with Gasteiger partial charge in [0.2, 0.25) is 5.91 Å². The van der Waals surface area contributed by atoms with Gasteiger partial charge in [0, 0.05) is 22.8 Å². The van der Waals surface area contributed by atoms with Crippen LogP contribution in [0.3, 0.4) is 0 Å². The van der Waals surface area contributed by atoms with E-state index in [4.69, 9.17) is 11.6 Å². The van der Waals surface area contributed by atoms with Gasteiger partial charge in [-0.3, -0.25) is 4.79 Å². The quantitative estimate of drug-likeness (QED) is 0.691. The van der Waals surface area contributed by atoms with Crippen molar-refractivity contribution >= 4 is 17.5 Å². The largest absolute Gasteiger partial charge is 0.355 e. The first-order valence-electron chi connectivity index (χ1n) is 8.76. The van der Waals surface area contributed by atoms with Crippen molar-refractivity contribution in [3.8, 4) is 5.69 Å². The molecule has 3 rings (SSSR count). The second kappa shape index (κ2) is 8.35. The van der Waals surface area contributed by atoms with E-state index >= 15 is 0 Å². The van der Waals surface area contributed by atoms with Crippen LogP contribution in [0.4, 0.5) is 4.39 Å². The average molecular weight is 386 g/mol. The highest BCUT2D eigenvalue weighted by molar-refractivity contribution is 6.31. The van der Waals surface area contributed by atoms with E-state index in [1.54, 1.807) is 6.07 Å². The molecule has 1 heterocycles. The summed E-state index contributed by atoms with van der Waals surface area (Å²) in [5.41, 5.74) is 4.39. The molecule has 0 aliphatic heterocycles. The van der Waals surface area contributed by atoms with Gasteiger partial charge < -0.3 is 5.32 Å². The molecule has 0 atom stereocenters. The molecule has 27 heavy (non-hydrogen) atoms. The van der Waals surface area contributed by atoms with Gasteiger partial charge >= 0.3 is 0 Å². The fourth-order valence-electron chi connectivity index (χ4n) is 2.96. The maximum absolute atomic E-state index is 13.7. The molecule has 0 aliphatic rings. The molecule has 6 heteroatoms. The van der Waals surface area contributed by atoms with Crippen LogP contribution in [0.15, 0.2) is 48.5 Å². The van der Waals surface area contributed by atoms with Crippen molar-refractivity contribution in [2.75, 3.05) is 6.54 Å². The van der Waals surface area contributed by atoms with Crippen LogP contribution in [-0.4, -0.2) is 22.2 Å². The molecule has 140 valence electrons. The SMILES string of the molecule is Cc1cc(C)n(-c2ccc(CCNC(=O)Cc3c(F)cccc3Cl)cc2)n1. The number of benzene rings is 2. The summed E-state index contributed by atoms with van der Waals surface area (Å²) in [6.45, 7) is 4.46. The summed E-state index contributed by atoms with van der Waals surface area (Å²) in [5.74, 6) is -0.710. The number of rotatable bonds is 6. The summed E-state index contributed by atoms with van der Waals surface area (Å²) in [7, 11) is 0. The van der Waals surface area contributed by atoms with E-state index in [0.29, 0.717) is 13.0 Å². The van der Waals surface area contributed by atoms with Gasteiger partial charge in [-0.05, 0) is 56.2 Å². The molecule has 1 N–H and O–H groups in total. The lowest BCUT2D eigenvalue weighted by Crippen LogP contribution is -2.27. The number of carbonyl (C=O) groups excluding carboxylic acids is 1. The molecule has 0 fully saturated rings. The molecular formula is C21H21ClFN3O. The fourth-order valence-corrected chi connectivity index (χ4v) is 3.19. The smallest absolute Gasteiger partial charge is 0.224 e. The summed E-state index contributed by atoms with van der Waals surface area (Å²) >= 11 is 5.95. The molecule has 0 bridgehead atoms. The van der Waals surface area contributed by atoms with Crippen molar-refractivity contribution in [3.05, 3.63) is 81.9 Å². The topological polar surface area (TPSA) is 46.9 Å². The molecule has 2 aromatic carbocycles. The number of amides is 1. The third-order valence-corrected chi connectivity index (χ3v) is 4.68. The predicted molar refractivity (Wildman–Crippen MR) is 105 cm³/mol. The van der Waals surface area contributed by atoms with Gasteiger partial charge in [0.05, 0.1) is 17.8 Å². The zero-order valence-corrected chi connectivity index (χ0v) is 16.1. The highest BCUT2D eigenvalue weighted by Crippen LogP contribution is 2.19. The maximum Gasteiger partial charge on any atom is 0.224 e. The summed E-state index contributed by atoms with van der Waals surface area (Å²) in [6, 6.07) is 14.5. The molecule has 0 spiro atoms. The van der Waals surface area contributed by atoms with Gasteiger partial charge in [0.15, 0.2) is 0 Å².